The number of nitrogens with zero attached hydrogens (tertiary/aromatic N) is 2. The Bertz CT molecular complexity index is 1180. The highest BCUT2D eigenvalue weighted by atomic mass is 79.9. The van der Waals surface area contributed by atoms with Gasteiger partial charge in [0.05, 0.1) is 5.56 Å². The second kappa shape index (κ2) is 10.7. The lowest BCUT2D eigenvalue weighted by molar-refractivity contribution is -0.140. The van der Waals surface area contributed by atoms with Crippen LogP contribution in [0.1, 0.15) is 43.1 Å². The minimum Gasteiger partial charge on any atom is -0.354 e. The van der Waals surface area contributed by atoms with Crippen LogP contribution in [0.2, 0.25) is 0 Å². The van der Waals surface area contributed by atoms with Crippen LogP contribution in [0.4, 0.5) is 0 Å². The van der Waals surface area contributed by atoms with E-state index in [-0.39, 0.29) is 41.8 Å². The smallest absolute Gasteiger partial charge is 0.269 e. The first-order chi connectivity index (χ1) is 16.0. The lowest BCUT2D eigenvalue weighted by Crippen LogP contribution is -2.49. The molecule has 0 aromatic heterocycles. The van der Waals surface area contributed by atoms with Gasteiger partial charge in [0.2, 0.25) is 11.8 Å². The Kier molecular flexibility index (Phi) is 8.14. The molecule has 182 valence electrons. The number of hydrogen-bond donors (Lipinski definition) is 1. The van der Waals surface area contributed by atoms with Gasteiger partial charge in [-0.1, -0.05) is 54.0 Å². The summed E-state index contributed by atoms with van der Waals surface area (Å²) in [4.78, 5) is 40.0. The van der Waals surface area contributed by atoms with E-state index in [9.17, 15) is 22.8 Å². The monoisotopic (exact) mass is 549 g/mol. The Balaban J connectivity index is 1.77. The first kappa shape index (κ1) is 25.9. The molecular formula is C24H28BrN3O5S. The normalized spacial score (nSPS) is 15.2. The van der Waals surface area contributed by atoms with Gasteiger partial charge in [-0.2, -0.15) is 0 Å². The lowest BCUT2D eigenvalue weighted by Gasteiger charge is -2.29. The van der Waals surface area contributed by atoms with Crippen LogP contribution in [0.3, 0.4) is 0 Å². The van der Waals surface area contributed by atoms with E-state index >= 15 is 0 Å². The Morgan fingerprint density at radius 3 is 2.32 bits per heavy atom. The molecule has 0 radical (unpaired) electrons. The van der Waals surface area contributed by atoms with Gasteiger partial charge in [-0.05, 0) is 42.7 Å². The average Bonchev–Trinajstić information content (AvgIpc) is 3.00. The van der Waals surface area contributed by atoms with Gasteiger partial charge in [-0.3, -0.25) is 14.4 Å². The van der Waals surface area contributed by atoms with Gasteiger partial charge in [0.25, 0.3) is 15.9 Å². The molecule has 0 saturated carbocycles. The van der Waals surface area contributed by atoms with Crippen LogP contribution in [-0.4, -0.2) is 54.5 Å². The van der Waals surface area contributed by atoms with Gasteiger partial charge in [-0.25, -0.2) is 12.7 Å². The third kappa shape index (κ3) is 5.67. The van der Waals surface area contributed by atoms with Crippen molar-refractivity contribution in [3.63, 3.8) is 0 Å². The largest absolute Gasteiger partial charge is 0.354 e. The maximum atomic E-state index is 13.2. The lowest BCUT2D eigenvalue weighted by atomic mass is 10.1. The number of halogens is 1. The van der Waals surface area contributed by atoms with Crippen LogP contribution in [0.5, 0.6) is 0 Å². The molecule has 8 nitrogen and oxygen atoms in total. The summed E-state index contributed by atoms with van der Waals surface area (Å²) >= 11 is 3.38. The Morgan fingerprint density at radius 2 is 1.71 bits per heavy atom. The van der Waals surface area contributed by atoms with E-state index in [1.54, 1.807) is 19.1 Å². The number of carbonyl (C=O) groups excluding carboxylic acids is 3. The molecule has 34 heavy (non-hydrogen) atoms. The third-order valence-corrected chi connectivity index (χ3v) is 7.93. The molecule has 1 heterocycles. The zero-order valence-corrected chi connectivity index (χ0v) is 21.7. The highest BCUT2D eigenvalue weighted by molar-refractivity contribution is 9.10. The van der Waals surface area contributed by atoms with Crippen molar-refractivity contribution in [3.05, 3.63) is 64.1 Å². The van der Waals surface area contributed by atoms with Crippen LogP contribution < -0.4 is 5.32 Å². The van der Waals surface area contributed by atoms with Crippen LogP contribution in [0, 0.1) is 5.92 Å². The highest BCUT2D eigenvalue weighted by Crippen LogP contribution is 2.30. The molecule has 3 rings (SSSR count). The van der Waals surface area contributed by atoms with E-state index < -0.39 is 27.9 Å². The molecule has 0 unspecified atom stereocenters. The molecule has 2 aromatic carbocycles. The summed E-state index contributed by atoms with van der Waals surface area (Å²) < 4.78 is 27.2. The molecule has 1 N–H and O–H groups in total. The predicted molar refractivity (Wildman–Crippen MR) is 131 cm³/mol. The fraction of sp³-hybridized carbons (Fsp3) is 0.375. The van der Waals surface area contributed by atoms with E-state index in [1.165, 1.54) is 17.0 Å². The van der Waals surface area contributed by atoms with Gasteiger partial charge in [-0.15, -0.1) is 0 Å². The van der Waals surface area contributed by atoms with Crippen molar-refractivity contribution in [1.29, 1.82) is 0 Å². The molecule has 0 bridgehead atoms. The van der Waals surface area contributed by atoms with Crippen molar-refractivity contribution in [1.82, 2.24) is 14.5 Å². The average molecular weight is 550 g/mol. The zero-order chi connectivity index (χ0) is 25.0. The molecule has 3 amide bonds. The molecule has 2 aromatic rings. The minimum absolute atomic E-state index is 0.0550. The maximum Gasteiger partial charge on any atom is 0.269 e. The number of nitrogens with one attached hydrogen (secondary N) is 1. The highest BCUT2D eigenvalue weighted by Gasteiger charge is 2.41. The molecule has 0 fully saturated rings. The van der Waals surface area contributed by atoms with Gasteiger partial charge >= 0.3 is 0 Å². The number of rotatable bonds is 9. The Morgan fingerprint density at radius 1 is 1.06 bits per heavy atom. The fourth-order valence-electron chi connectivity index (χ4n) is 3.61. The second-order valence-corrected chi connectivity index (χ2v) is 11.3. The van der Waals surface area contributed by atoms with Crippen LogP contribution >= 0.6 is 15.9 Å². The van der Waals surface area contributed by atoms with E-state index in [0.29, 0.717) is 6.54 Å². The Hall–Kier alpha value is -2.72. The van der Waals surface area contributed by atoms with Crippen molar-refractivity contribution >= 4 is 43.7 Å². The van der Waals surface area contributed by atoms with Crippen LogP contribution in [0.25, 0.3) is 0 Å². The number of carbonyl (C=O) groups is 3. The SMILES string of the molecule is CC(C)CNC(=O)[C@H](C)N(Cc1ccc(Br)cc1)C(=O)CCN1C(=O)c2ccccc2S1(=O)=O. The summed E-state index contributed by atoms with van der Waals surface area (Å²) in [6.07, 6.45) is -0.239. The summed E-state index contributed by atoms with van der Waals surface area (Å²) in [6.45, 7) is 5.93. The van der Waals surface area contributed by atoms with Gasteiger partial charge < -0.3 is 10.2 Å². The number of amides is 3. The van der Waals surface area contributed by atoms with E-state index in [2.05, 4.69) is 21.2 Å². The first-order valence-electron chi connectivity index (χ1n) is 11.0. The molecule has 10 heteroatoms. The molecule has 1 atom stereocenters. The summed E-state index contributed by atoms with van der Waals surface area (Å²) in [5, 5.41) is 2.84. The molecule has 0 saturated heterocycles. The van der Waals surface area contributed by atoms with Crippen molar-refractivity contribution in [2.45, 2.75) is 44.7 Å². The number of benzene rings is 2. The van der Waals surface area contributed by atoms with Gasteiger partial charge in [0.15, 0.2) is 0 Å². The molecule has 0 spiro atoms. The summed E-state index contributed by atoms with van der Waals surface area (Å²) in [5.41, 5.74) is 0.917. The summed E-state index contributed by atoms with van der Waals surface area (Å²) in [5.74, 6) is -1.11. The third-order valence-electron chi connectivity index (χ3n) is 5.56. The fourth-order valence-corrected chi connectivity index (χ4v) is 5.45. The number of fused-ring (bicyclic) bond motifs is 1. The number of hydrogen-bond acceptors (Lipinski definition) is 5. The molecule has 1 aliphatic rings. The number of sulfonamides is 1. The first-order valence-corrected chi connectivity index (χ1v) is 13.2. The van der Waals surface area contributed by atoms with E-state index in [4.69, 9.17) is 0 Å². The molecule has 0 aliphatic carbocycles. The van der Waals surface area contributed by atoms with Gasteiger partial charge in [0.1, 0.15) is 10.9 Å². The van der Waals surface area contributed by atoms with Crippen molar-refractivity contribution in [2.75, 3.05) is 13.1 Å². The second-order valence-electron chi connectivity index (χ2n) is 8.59. The quantitative estimate of drug-likeness (QED) is 0.517. The van der Waals surface area contributed by atoms with Crippen molar-refractivity contribution < 1.29 is 22.8 Å². The molecule has 1 aliphatic heterocycles. The van der Waals surface area contributed by atoms with Gasteiger partial charge in [0, 0.05) is 30.5 Å². The summed E-state index contributed by atoms with van der Waals surface area (Å²) in [7, 11) is -4.01. The Labute approximate surface area is 208 Å². The van der Waals surface area contributed by atoms with Crippen LogP contribution in [0.15, 0.2) is 57.9 Å². The van der Waals surface area contributed by atoms with Crippen molar-refractivity contribution in [2.24, 2.45) is 5.92 Å². The molecular weight excluding hydrogens is 522 g/mol. The van der Waals surface area contributed by atoms with Crippen LogP contribution in [-0.2, 0) is 26.2 Å². The maximum absolute atomic E-state index is 13.2. The summed E-state index contributed by atoms with van der Waals surface area (Å²) in [6, 6.07) is 12.6. The minimum atomic E-state index is -4.01. The predicted octanol–water partition coefficient (Wildman–Crippen LogP) is 3.17. The van der Waals surface area contributed by atoms with E-state index in [1.807, 2.05) is 38.1 Å². The zero-order valence-electron chi connectivity index (χ0n) is 19.3. The van der Waals surface area contributed by atoms with Crippen molar-refractivity contribution in [3.8, 4) is 0 Å². The topological polar surface area (TPSA) is 104 Å². The standard InChI is InChI=1S/C24H28BrN3O5S/c1-16(2)14-26-23(30)17(3)27(15-18-8-10-19(25)11-9-18)22(29)12-13-28-24(31)20-6-4-5-7-21(20)34(28,32)33/h4-11,16-17H,12-15H2,1-3H3,(H,26,30)/t17-/m0/s1. The van der Waals surface area contributed by atoms with E-state index in [0.717, 1.165) is 14.3 Å².